The van der Waals surface area contributed by atoms with Crippen LogP contribution in [0, 0.1) is 20.2 Å². The van der Waals surface area contributed by atoms with Gasteiger partial charge in [0.1, 0.15) is 23.8 Å². The lowest BCUT2D eigenvalue weighted by atomic mass is 10.0. The van der Waals surface area contributed by atoms with Crippen molar-refractivity contribution in [1.29, 1.82) is 0 Å². The van der Waals surface area contributed by atoms with Crippen LogP contribution < -0.4 is 10.2 Å². The van der Waals surface area contributed by atoms with E-state index in [9.17, 15) is 33.4 Å². The number of benzene rings is 1. The number of nitro groups is 2. The van der Waals surface area contributed by atoms with E-state index in [-0.39, 0.29) is 39.2 Å². The number of halogens is 4. The van der Waals surface area contributed by atoms with Crippen LogP contribution in [0.5, 0.6) is 0 Å². The number of alkyl halides is 3. The number of pyridine rings is 1. The Hall–Kier alpha value is -3.41. The van der Waals surface area contributed by atoms with Crippen LogP contribution in [-0.4, -0.2) is 28.4 Å². The highest BCUT2D eigenvalue weighted by Crippen LogP contribution is 2.42. The molecule has 152 valence electrons. The first-order valence-corrected chi connectivity index (χ1v) is 8.27. The van der Waals surface area contributed by atoms with E-state index < -0.39 is 28.3 Å². The van der Waals surface area contributed by atoms with E-state index in [4.69, 9.17) is 11.6 Å². The highest BCUT2D eigenvalue weighted by Gasteiger charge is 2.38. The number of nitrogens with one attached hydrogen (secondary N) is 1. The largest absolute Gasteiger partial charge is 0.433 e. The molecule has 0 spiro atoms. The summed E-state index contributed by atoms with van der Waals surface area (Å²) in [6.07, 6.45) is -4.74. The molecule has 1 aromatic carbocycles. The minimum atomic E-state index is -4.74. The molecule has 29 heavy (non-hydrogen) atoms. The number of nitrogens with zero attached hydrogens (tertiary/aromatic N) is 4. The van der Waals surface area contributed by atoms with Crippen LogP contribution in [0.25, 0.3) is 5.70 Å². The minimum absolute atomic E-state index is 0.0144. The van der Waals surface area contributed by atoms with Crippen LogP contribution in [-0.2, 0) is 6.18 Å². The van der Waals surface area contributed by atoms with Gasteiger partial charge in [0.05, 0.1) is 20.6 Å². The Kier molecular flexibility index (Phi) is 5.05. The Morgan fingerprint density at radius 1 is 1.17 bits per heavy atom. The van der Waals surface area contributed by atoms with Crippen molar-refractivity contribution in [2.75, 3.05) is 18.5 Å². The first kappa shape index (κ1) is 20.3. The van der Waals surface area contributed by atoms with Crippen molar-refractivity contribution < 1.29 is 23.0 Å². The maximum atomic E-state index is 13.2. The summed E-state index contributed by atoms with van der Waals surface area (Å²) in [5, 5.41) is 24.9. The normalized spacial score (nSPS) is 13.9. The summed E-state index contributed by atoms with van der Waals surface area (Å²) < 4.78 is 39.5. The summed E-state index contributed by atoms with van der Waals surface area (Å²) >= 11 is 6.10. The van der Waals surface area contributed by atoms with Crippen molar-refractivity contribution >= 4 is 34.5 Å². The predicted molar refractivity (Wildman–Crippen MR) is 97.3 cm³/mol. The van der Waals surface area contributed by atoms with Crippen LogP contribution in [0.2, 0.25) is 5.02 Å². The molecule has 0 saturated heterocycles. The monoisotopic (exact) mass is 429 g/mol. The number of fused-ring (bicyclic) bond motifs is 1. The van der Waals surface area contributed by atoms with Crippen LogP contribution in [0.1, 0.15) is 11.3 Å². The molecule has 0 saturated carbocycles. The second-order valence-electron chi connectivity index (χ2n) is 5.87. The summed E-state index contributed by atoms with van der Waals surface area (Å²) in [5.74, 6) is -0.217. The van der Waals surface area contributed by atoms with E-state index in [0.717, 1.165) is 23.1 Å². The molecular weight excluding hydrogens is 419 g/mol. The molecule has 9 nitrogen and oxygen atoms in total. The van der Waals surface area contributed by atoms with Crippen molar-refractivity contribution in [1.82, 2.24) is 10.3 Å². The zero-order valence-corrected chi connectivity index (χ0v) is 15.3. The maximum absolute atomic E-state index is 13.2. The van der Waals surface area contributed by atoms with Crippen LogP contribution >= 0.6 is 11.6 Å². The third-order valence-corrected chi connectivity index (χ3v) is 4.49. The lowest BCUT2D eigenvalue weighted by Gasteiger charge is -2.30. The van der Waals surface area contributed by atoms with Crippen LogP contribution in [0.15, 0.2) is 36.0 Å². The fourth-order valence-electron chi connectivity index (χ4n) is 2.92. The predicted octanol–water partition coefficient (Wildman–Crippen LogP) is 3.98. The molecular formula is C16H11ClF3N5O4. The van der Waals surface area contributed by atoms with Crippen molar-refractivity contribution in [2.45, 2.75) is 6.18 Å². The molecule has 0 atom stereocenters. The quantitative estimate of drug-likeness (QED) is 0.577. The highest BCUT2D eigenvalue weighted by atomic mass is 35.5. The summed E-state index contributed by atoms with van der Waals surface area (Å²) in [4.78, 5) is 25.8. The number of anilines is 2. The van der Waals surface area contributed by atoms with Gasteiger partial charge in [0.15, 0.2) is 0 Å². The topological polar surface area (TPSA) is 114 Å². The second-order valence-corrected chi connectivity index (χ2v) is 6.28. The minimum Gasteiger partial charge on any atom is -0.382 e. The van der Waals surface area contributed by atoms with Gasteiger partial charge in [-0.1, -0.05) is 11.6 Å². The fraction of sp³-hybridized carbons (Fsp3) is 0.188. The Morgan fingerprint density at radius 2 is 1.86 bits per heavy atom. The van der Waals surface area contributed by atoms with Crippen LogP contribution in [0.3, 0.4) is 0 Å². The summed E-state index contributed by atoms with van der Waals surface area (Å²) in [6, 6.07) is 5.10. The molecule has 1 aliphatic rings. The number of hydrogen-bond donors (Lipinski definition) is 1. The number of non-ortho nitro benzene ring substituents is 1. The molecule has 13 heteroatoms. The van der Waals surface area contributed by atoms with E-state index >= 15 is 0 Å². The molecule has 1 aromatic heterocycles. The summed E-state index contributed by atoms with van der Waals surface area (Å²) in [5.41, 5.74) is -1.74. The molecule has 1 aliphatic heterocycles. The van der Waals surface area contributed by atoms with Gasteiger partial charge in [-0.25, -0.2) is 4.98 Å². The zero-order valence-electron chi connectivity index (χ0n) is 14.5. The standard InChI is InChI=1S/C16H11ClF3N5O4/c1-21-14-9-3-5-13(16(18,19)20)22-15(9)23(7-12(14)25(28)29)11-4-2-8(24(26)27)6-10(11)17/h2-6,21H,7H2,1H3. The van der Waals surface area contributed by atoms with E-state index in [2.05, 4.69) is 10.3 Å². The Morgan fingerprint density at radius 3 is 2.38 bits per heavy atom. The van der Waals surface area contributed by atoms with Gasteiger partial charge >= 0.3 is 6.18 Å². The molecule has 3 rings (SSSR count). The van der Waals surface area contributed by atoms with E-state index in [1.807, 2.05) is 0 Å². The van der Waals surface area contributed by atoms with Crippen molar-refractivity contribution in [3.8, 4) is 0 Å². The van der Waals surface area contributed by atoms with Gasteiger partial charge in [-0.15, -0.1) is 0 Å². The molecule has 2 aromatic rings. The van der Waals surface area contributed by atoms with Gasteiger partial charge in [-0.05, 0) is 18.2 Å². The maximum Gasteiger partial charge on any atom is 0.433 e. The van der Waals surface area contributed by atoms with Crippen molar-refractivity contribution in [3.05, 3.63) is 72.5 Å². The molecule has 1 N–H and O–H groups in total. The van der Waals surface area contributed by atoms with Gasteiger partial charge in [0.2, 0.25) is 0 Å². The molecule has 2 heterocycles. The molecule has 0 aliphatic carbocycles. The average molecular weight is 430 g/mol. The van der Waals surface area contributed by atoms with Crippen molar-refractivity contribution in [2.24, 2.45) is 0 Å². The van der Waals surface area contributed by atoms with Gasteiger partial charge in [0.25, 0.3) is 11.4 Å². The zero-order chi connectivity index (χ0) is 21.5. The fourth-order valence-corrected chi connectivity index (χ4v) is 3.20. The summed E-state index contributed by atoms with van der Waals surface area (Å²) in [7, 11) is 1.40. The highest BCUT2D eigenvalue weighted by molar-refractivity contribution is 6.33. The lowest BCUT2D eigenvalue weighted by Crippen LogP contribution is -2.33. The third kappa shape index (κ3) is 3.66. The third-order valence-electron chi connectivity index (χ3n) is 4.19. The Labute approximate surface area is 165 Å². The lowest BCUT2D eigenvalue weighted by molar-refractivity contribution is -0.424. The van der Waals surface area contributed by atoms with Gasteiger partial charge < -0.3 is 10.2 Å². The number of rotatable bonds is 4. The first-order valence-electron chi connectivity index (χ1n) is 7.90. The van der Waals surface area contributed by atoms with E-state index in [1.165, 1.54) is 13.1 Å². The van der Waals surface area contributed by atoms with Gasteiger partial charge in [0, 0.05) is 24.7 Å². The van der Waals surface area contributed by atoms with Crippen LogP contribution in [0.4, 0.5) is 30.4 Å². The molecule has 0 unspecified atom stereocenters. The number of aromatic nitrogens is 1. The molecule has 0 radical (unpaired) electrons. The number of nitro benzene ring substituents is 1. The second kappa shape index (κ2) is 7.20. The smallest absolute Gasteiger partial charge is 0.382 e. The Balaban J connectivity index is 2.26. The average Bonchev–Trinajstić information content (AvgIpc) is 2.65. The summed E-state index contributed by atoms with van der Waals surface area (Å²) in [6.45, 7) is -0.456. The van der Waals surface area contributed by atoms with Gasteiger partial charge in [-0.2, -0.15) is 13.2 Å². The van der Waals surface area contributed by atoms with E-state index in [1.54, 1.807) is 0 Å². The van der Waals surface area contributed by atoms with Gasteiger partial charge in [-0.3, -0.25) is 20.2 Å². The molecule has 0 amide bonds. The SMILES string of the molecule is CNC1=C([N+](=O)[O-])CN(c2ccc([N+](=O)[O-])cc2Cl)c2nc(C(F)(F)F)ccc21. The molecule has 0 bridgehead atoms. The van der Waals surface area contributed by atoms with E-state index in [0.29, 0.717) is 6.07 Å². The number of hydrogen-bond acceptors (Lipinski definition) is 7. The Bertz CT molecular complexity index is 1060. The first-order chi connectivity index (χ1) is 13.5. The molecule has 0 fully saturated rings. The van der Waals surface area contributed by atoms with Crippen molar-refractivity contribution in [3.63, 3.8) is 0 Å².